The topological polar surface area (TPSA) is 93.7 Å². The second kappa shape index (κ2) is 11.7. The van der Waals surface area contributed by atoms with E-state index >= 15 is 0 Å². The maximum absolute atomic E-state index is 12.3. The van der Waals surface area contributed by atoms with E-state index in [-0.39, 0.29) is 12.4 Å². The predicted molar refractivity (Wildman–Crippen MR) is 144 cm³/mol. The third kappa shape index (κ3) is 6.14. The summed E-state index contributed by atoms with van der Waals surface area (Å²) in [7, 11) is 3.14. The maximum Gasteiger partial charge on any atom is 0.414 e. The van der Waals surface area contributed by atoms with Gasteiger partial charge in [0.15, 0.2) is 16.6 Å². The summed E-state index contributed by atoms with van der Waals surface area (Å²) >= 11 is 7.33. The third-order valence-corrected chi connectivity index (χ3v) is 7.38. The Kier molecular flexibility index (Phi) is 8.42. The molecule has 4 rings (SSSR count). The molecule has 0 bridgehead atoms. The van der Waals surface area contributed by atoms with Crippen LogP contribution in [0.2, 0.25) is 0 Å². The van der Waals surface area contributed by atoms with Crippen molar-refractivity contribution in [3.8, 4) is 11.5 Å². The SMILES string of the molecule is COc1ccc(CNC(=O)OC2=NOC3(CCN(C(=S)Nc4ccccc4SC)CC3)C2)cc1OC. The Hall–Kier alpha value is -3.18. The molecule has 2 aliphatic rings. The number of carbonyl (C=O) groups is 1. The summed E-state index contributed by atoms with van der Waals surface area (Å²) in [5.74, 6) is 1.50. The summed E-state index contributed by atoms with van der Waals surface area (Å²) in [5.41, 5.74) is 1.38. The Morgan fingerprint density at radius 3 is 2.64 bits per heavy atom. The number of methoxy groups -OCH3 is 2. The lowest BCUT2D eigenvalue weighted by Crippen LogP contribution is -2.48. The lowest BCUT2D eigenvalue weighted by molar-refractivity contribution is -0.0521. The Labute approximate surface area is 220 Å². The lowest BCUT2D eigenvalue weighted by atomic mass is 9.88. The van der Waals surface area contributed by atoms with Gasteiger partial charge < -0.3 is 34.6 Å². The number of likely N-dealkylation sites (tertiary alicyclic amines) is 1. The van der Waals surface area contributed by atoms with Crippen molar-refractivity contribution in [2.24, 2.45) is 5.16 Å². The van der Waals surface area contributed by atoms with Crippen LogP contribution in [-0.2, 0) is 16.1 Å². The van der Waals surface area contributed by atoms with E-state index < -0.39 is 11.7 Å². The van der Waals surface area contributed by atoms with E-state index in [4.69, 9.17) is 31.3 Å². The highest BCUT2D eigenvalue weighted by atomic mass is 32.2. The number of nitrogens with zero attached hydrogens (tertiary/aromatic N) is 2. The summed E-state index contributed by atoms with van der Waals surface area (Å²) in [6.45, 7) is 1.72. The first-order chi connectivity index (χ1) is 17.4. The van der Waals surface area contributed by atoms with Gasteiger partial charge >= 0.3 is 6.09 Å². The number of carbonyl (C=O) groups excluding carboxylic acids is 1. The molecule has 2 aromatic carbocycles. The molecule has 0 saturated carbocycles. The number of anilines is 1. The Bertz CT molecular complexity index is 1140. The highest BCUT2D eigenvalue weighted by Crippen LogP contribution is 2.35. The average molecular weight is 531 g/mol. The maximum atomic E-state index is 12.3. The number of para-hydroxylation sites is 1. The summed E-state index contributed by atoms with van der Waals surface area (Å²) in [6.07, 6.45) is 3.35. The van der Waals surface area contributed by atoms with E-state index in [1.807, 2.05) is 30.5 Å². The molecule has 2 aromatic rings. The number of benzene rings is 2. The Morgan fingerprint density at radius 1 is 1.17 bits per heavy atom. The normalized spacial score (nSPS) is 16.1. The minimum Gasteiger partial charge on any atom is -0.493 e. The van der Waals surface area contributed by atoms with Crippen LogP contribution in [0.5, 0.6) is 11.5 Å². The van der Waals surface area contributed by atoms with Crippen LogP contribution in [0.15, 0.2) is 52.5 Å². The molecule has 2 aliphatic heterocycles. The molecule has 0 unspecified atom stereocenters. The number of piperidine rings is 1. The van der Waals surface area contributed by atoms with Crippen LogP contribution in [-0.4, -0.2) is 61.2 Å². The second-order valence-electron chi connectivity index (χ2n) is 8.49. The van der Waals surface area contributed by atoms with Crippen LogP contribution in [0.25, 0.3) is 0 Å². The smallest absolute Gasteiger partial charge is 0.414 e. The molecule has 1 saturated heterocycles. The zero-order chi connectivity index (χ0) is 25.5. The number of hydrogen-bond donors (Lipinski definition) is 2. The molecule has 0 radical (unpaired) electrons. The first-order valence-electron chi connectivity index (χ1n) is 11.6. The zero-order valence-corrected chi connectivity index (χ0v) is 22.2. The molecule has 0 aromatic heterocycles. The molecule has 2 N–H and O–H groups in total. The molecule has 1 spiro atoms. The van der Waals surface area contributed by atoms with Gasteiger partial charge in [0.05, 0.1) is 26.3 Å². The van der Waals surface area contributed by atoms with Gasteiger partial charge in [-0.25, -0.2) is 4.79 Å². The fourth-order valence-corrected chi connectivity index (χ4v) is 5.02. The fourth-order valence-electron chi connectivity index (χ4n) is 4.18. The van der Waals surface area contributed by atoms with Crippen molar-refractivity contribution in [1.29, 1.82) is 0 Å². The van der Waals surface area contributed by atoms with Gasteiger partial charge in [-0.1, -0.05) is 23.4 Å². The molecular weight excluding hydrogens is 500 g/mol. The summed E-state index contributed by atoms with van der Waals surface area (Å²) in [4.78, 5) is 21.4. The van der Waals surface area contributed by atoms with Gasteiger partial charge in [-0.05, 0) is 48.3 Å². The van der Waals surface area contributed by atoms with Crippen molar-refractivity contribution in [1.82, 2.24) is 10.2 Å². The molecule has 1 amide bonds. The van der Waals surface area contributed by atoms with Crippen LogP contribution in [0.1, 0.15) is 24.8 Å². The molecule has 1 fully saturated rings. The average Bonchev–Trinajstić information content (AvgIpc) is 3.29. The molecule has 0 atom stereocenters. The summed E-state index contributed by atoms with van der Waals surface area (Å²) in [6, 6.07) is 13.5. The van der Waals surface area contributed by atoms with Crippen molar-refractivity contribution < 1.29 is 23.8 Å². The van der Waals surface area contributed by atoms with Crippen molar-refractivity contribution in [3.63, 3.8) is 0 Å². The summed E-state index contributed by atoms with van der Waals surface area (Å²) < 4.78 is 15.9. The molecule has 11 heteroatoms. The van der Waals surface area contributed by atoms with Gasteiger partial charge in [0.1, 0.15) is 5.60 Å². The van der Waals surface area contributed by atoms with Crippen LogP contribution < -0.4 is 20.1 Å². The third-order valence-electron chi connectivity index (χ3n) is 6.22. The number of alkyl carbamates (subject to hydrolysis) is 1. The van der Waals surface area contributed by atoms with Gasteiger partial charge in [0, 0.05) is 37.4 Å². The van der Waals surface area contributed by atoms with Crippen LogP contribution in [0, 0.1) is 0 Å². The molecule has 192 valence electrons. The Balaban J connectivity index is 1.22. The van der Waals surface area contributed by atoms with Crippen molar-refractivity contribution in [2.75, 3.05) is 38.9 Å². The largest absolute Gasteiger partial charge is 0.493 e. The monoisotopic (exact) mass is 530 g/mol. The molecular formula is C25H30N4O5S2. The van der Waals surface area contributed by atoms with Crippen molar-refractivity contribution in [2.45, 2.75) is 36.3 Å². The zero-order valence-electron chi connectivity index (χ0n) is 20.5. The fraction of sp³-hybridized carbons (Fsp3) is 0.400. The lowest BCUT2D eigenvalue weighted by Gasteiger charge is -2.38. The number of ether oxygens (including phenoxy) is 3. The second-order valence-corrected chi connectivity index (χ2v) is 9.72. The number of nitrogens with one attached hydrogen (secondary N) is 2. The Morgan fingerprint density at radius 2 is 1.92 bits per heavy atom. The van der Waals surface area contributed by atoms with Crippen molar-refractivity contribution in [3.05, 3.63) is 48.0 Å². The molecule has 2 heterocycles. The van der Waals surface area contributed by atoms with E-state index in [1.165, 1.54) is 0 Å². The predicted octanol–water partition coefficient (Wildman–Crippen LogP) is 4.62. The van der Waals surface area contributed by atoms with E-state index in [0.29, 0.717) is 23.0 Å². The van der Waals surface area contributed by atoms with Crippen molar-refractivity contribution >= 4 is 46.8 Å². The standard InChI is InChI=1S/C25H30N4O5S2/c1-31-19-9-8-17(14-20(19)32-2)16-26-24(30)33-22-15-25(34-28-22)10-12-29(13-11-25)23(35)27-18-6-4-5-7-21(18)36-3/h4-9,14H,10-13,15-16H2,1-3H3,(H,26,30)(H,27,35). The van der Waals surface area contributed by atoms with Crippen LogP contribution >= 0.6 is 24.0 Å². The number of hydrogen-bond acceptors (Lipinski definition) is 8. The van der Waals surface area contributed by atoms with Gasteiger partial charge in [-0.15, -0.1) is 11.8 Å². The highest BCUT2D eigenvalue weighted by Gasteiger charge is 2.44. The van der Waals surface area contributed by atoms with Gasteiger partial charge in [-0.2, -0.15) is 0 Å². The molecule has 9 nitrogen and oxygen atoms in total. The number of oxime groups is 1. The van der Waals surface area contributed by atoms with E-state index in [0.717, 1.165) is 42.1 Å². The number of thioether (sulfide) groups is 1. The van der Waals surface area contributed by atoms with E-state index in [1.54, 1.807) is 38.1 Å². The van der Waals surface area contributed by atoms with Crippen LogP contribution in [0.4, 0.5) is 10.5 Å². The van der Waals surface area contributed by atoms with E-state index in [9.17, 15) is 4.79 Å². The quantitative estimate of drug-likeness (QED) is 0.410. The first-order valence-corrected chi connectivity index (χ1v) is 13.2. The minimum absolute atomic E-state index is 0.275. The van der Waals surface area contributed by atoms with E-state index in [2.05, 4.69) is 26.8 Å². The van der Waals surface area contributed by atoms with Crippen LogP contribution in [0.3, 0.4) is 0 Å². The molecule has 36 heavy (non-hydrogen) atoms. The molecule has 0 aliphatic carbocycles. The van der Waals surface area contributed by atoms with Gasteiger partial charge in [0.25, 0.3) is 0 Å². The number of thiocarbonyl (C=S) groups is 1. The number of amides is 1. The highest BCUT2D eigenvalue weighted by molar-refractivity contribution is 7.98. The minimum atomic E-state index is -0.584. The summed E-state index contributed by atoms with van der Waals surface area (Å²) in [5, 5.41) is 10.8. The first kappa shape index (κ1) is 25.9. The van der Waals surface area contributed by atoms with Gasteiger partial charge in [-0.3, -0.25) is 0 Å². The van der Waals surface area contributed by atoms with Gasteiger partial charge in [0.2, 0.25) is 5.90 Å². The number of rotatable bonds is 6.